The predicted molar refractivity (Wildman–Crippen MR) is 181 cm³/mol. The molecule has 0 saturated carbocycles. The van der Waals surface area contributed by atoms with E-state index in [9.17, 15) is 33.7 Å². The third-order valence-electron chi connectivity index (χ3n) is 8.88. The molecule has 0 aromatic heterocycles. The molecule has 0 spiro atoms. The van der Waals surface area contributed by atoms with Crippen molar-refractivity contribution in [3.63, 3.8) is 0 Å². The van der Waals surface area contributed by atoms with E-state index < -0.39 is 19.7 Å². The quantitative estimate of drug-likeness (QED) is 0.115. The number of carbonyl (C=O) groups excluding carboxylic acids is 1. The summed E-state index contributed by atoms with van der Waals surface area (Å²) in [4.78, 5) is 34.4. The second kappa shape index (κ2) is 13.6. The van der Waals surface area contributed by atoms with Crippen molar-refractivity contribution in [3.05, 3.63) is 138 Å². The van der Waals surface area contributed by atoms with Crippen LogP contribution in [-0.2, 0) is 9.36 Å². The van der Waals surface area contributed by atoms with Gasteiger partial charge in [0.1, 0.15) is 11.6 Å². The Bertz CT molecular complexity index is 1890. The molecular formula is C38H35FNO6P. The van der Waals surface area contributed by atoms with Crippen molar-refractivity contribution in [2.24, 2.45) is 5.92 Å². The summed E-state index contributed by atoms with van der Waals surface area (Å²) in [5, 5.41) is 22.1. The number of hydrogen-bond donors (Lipinski definition) is 4. The van der Waals surface area contributed by atoms with Crippen LogP contribution in [-0.4, -0.2) is 25.9 Å². The summed E-state index contributed by atoms with van der Waals surface area (Å²) < 4.78 is 25.0. The molecule has 1 fully saturated rings. The lowest BCUT2D eigenvalue weighted by atomic mass is 9.87. The molecule has 0 bridgehead atoms. The maximum absolute atomic E-state index is 13.7. The minimum Gasteiger partial charge on any atom is -0.508 e. The number of rotatable bonds is 10. The lowest BCUT2D eigenvalue weighted by Crippen LogP contribution is -2.28. The van der Waals surface area contributed by atoms with Crippen LogP contribution in [0.4, 0.5) is 10.1 Å². The highest BCUT2D eigenvalue weighted by atomic mass is 31.2. The normalized spacial score (nSPS) is 17.2. The molecule has 1 aliphatic rings. The van der Waals surface area contributed by atoms with Crippen LogP contribution in [0.15, 0.2) is 121 Å². The van der Waals surface area contributed by atoms with Gasteiger partial charge in [-0.1, -0.05) is 85.3 Å². The second-order valence-corrected chi connectivity index (χ2v) is 13.6. The van der Waals surface area contributed by atoms with Crippen molar-refractivity contribution >= 4 is 24.5 Å². The van der Waals surface area contributed by atoms with E-state index in [0.29, 0.717) is 47.2 Å². The highest BCUT2D eigenvalue weighted by Gasteiger charge is 2.42. The van der Waals surface area contributed by atoms with E-state index >= 15 is 0 Å². The van der Waals surface area contributed by atoms with Gasteiger partial charge in [0.2, 0.25) is 5.91 Å². The summed E-state index contributed by atoms with van der Waals surface area (Å²) in [6.07, 6.45) is 1.15. The number of phenolic OH excluding ortho intramolecular Hbond substituents is 1. The molecule has 6 rings (SSSR count). The minimum absolute atomic E-state index is 0.00326. The van der Waals surface area contributed by atoms with E-state index in [1.807, 2.05) is 60.7 Å². The molecule has 1 heterocycles. The second-order valence-electron chi connectivity index (χ2n) is 11.9. The van der Waals surface area contributed by atoms with Crippen LogP contribution < -0.4 is 10.2 Å². The van der Waals surface area contributed by atoms with E-state index in [0.717, 1.165) is 11.1 Å². The number of carbonyl (C=O) groups is 1. The van der Waals surface area contributed by atoms with E-state index in [4.69, 9.17) is 0 Å². The molecule has 0 aliphatic carbocycles. The van der Waals surface area contributed by atoms with Crippen LogP contribution in [0, 0.1) is 11.7 Å². The van der Waals surface area contributed by atoms with Crippen LogP contribution in [0.1, 0.15) is 49.0 Å². The Morgan fingerprint density at radius 1 is 0.787 bits per heavy atom. The topological polar surface area (TPSA) is 118 Å². The summed E-state index contributed by atoms with van der Waals surface area (Å²) in [5.41, 5.74) is 5.33. The zero-order chi connectivity index (χ0) is 33.1. The molecule has 0 radical (unpaired) electrons. The first kappa shape index (κ1) is 32.4. The lowest BCUT2D eigenvalue weighted by Gasteiger charge is -2.30. The molecule has 5 aromatic rings. The van der Waals surface area contributed by atoms with Gasteiger partial charge in [-0.3, -0.25) is 9.36 Å². The number of nitrogens with zero attached hydrogens (tertiary/aromatic N) is 1. The van der Waals surface area contributed by atoms with Crippen molar-refractivity contribution in [2.45, 2.75) is 37.8 Å². The van der Waals surface area contributed by atoms with Crippen LogP contribution >= 0.6 is 7.60 Å². The number of aliphatic hydroxyl groups excluding tert-OH is 1. The summed E-state index contributed by atoms with van der Waals surface area (Å²) >= 11 is 0. The van der Waals surface area contributed by atoms with Gasteiger partial charge in [0, 0.05) is 17.7 Å². The van der Waals surface area contributed by atoms with Gasteiger partial charge in [-0.25, -0.2) is 4.39 Å². The average Bonchev–Trinajstić information content (AvgIpc) is 3.40. The molecule has 7 nitrogen and oxygen atoms in total. The molecule has 9 heteroatoms. The molecule has 1 aliphatic heterocycles. The van der Waals surface area contributed by atoms with Crippen molar-refractivity contribution in [1.82, 2.24) is 0 Å². The first-order chi connectivity index (χ1) is 22.6. The number of hydrogen-bond acceptors (Lipinski definition) is 4. The van der Waals surface area contributed by atoms with Crippen molar-refractivity contribution in [3.8, 4) is 28.0 Å². The fraction of sp³-hybridized carbons (Fsp3) is 0.184. The molecule has 1 amide bonds. The van der Waals surface area contributed by atoms with Gasteiger partial charge in [0.15, 0.2) is 0 Å². The molecule has 4 N–H and O–H groups in total. The van der Waals surface area contributed by atoms with Crippen molar-refractivity contribution in [1.29, 1.82) is 0 Å². The lowest BCUT2D eigenvalue weighted by molar-refractivity contribution is -0.117. The largest absolute Gasteiger partial charge is 0.508 e. The number of phenols is 1. The summed E-state index contributed by atoms with van der Waals surface area (Å²) in [6, 6.07) is 34.2. The molecule has 0 unspecified atom stereocenters. The fourth-order valence-electron chi connectivity index (χ4n) is 6.45. The molecule has 3 atom stereocenters. The van der Waals surface area contributed by atoms with Gasteiger partial charge < -0.3 is 24.9 Å². The SMILES string of the molecule is O=C1C[C@H](CCC[C@H](O)c2ccc(F)cc2)[C@@H](c2ccc(-c3ccc(P(=O)(O)O)cc3)cc2O)N1c1ccc(-c2ccccc2)cc1. The van der Waals surface area contributed by atoms with E-state index in [1.54, 1.807) is 41.3 Å². The monoisotopic (exact) mass is 651 g/mol. The molecule has 240 valence electrons. The first-order valence-electron chi connectivity index (χ1n) is 15.5. The highest BCUT2D eigenvalue weighted by molar-refractivity contribution is 7.60. The van der Waals surface area contributed by atoms with Gasteiger partial charge in [0.25, 0.3) is 0 Å². The third kappa shape index (κ3) is 7.22. The number of aliphatic hydroxyl groups is 1. The Balaban J connectivity index is 1.29. The molecule has 47 heavy (non-hydrogen) atoms. The van der Waals surface area contributed by atoms with Crippen LogP contribution in [0.25, 0.3) is 22.3 Å². The number of anilines is 1. The fourth-order valence-corrected chi connectivity index (χ4v) is 6.99. The number of aromatic hydroxyl groups is 1. The van der Waals surface area contributed by atoms with E-state index in [2.05, 4.69) is 0 Å². The predicted octanol–water partition coefficient (Wildman–Crippen LogP) is 7.67. The maximum Gasteiger partial charge on any atom is 0.356 e. The smallest absolute Gasteiger partial charge is 0.356 e. The van der Waals surface area contributed by atoms with Gasteiger partial charge in [-0.15, -0.1) is 0 Å². The number of halogens is 1. The van der Waals surface area contributed by atoms with E-state index in [-0.39, 0.29) is 35.1 Å². The Kier molecular flexibility index (Phi) is 9.39. The van der Waals surface area contributed by atoms with Gasteiger partial charge in [-0.05, 0) is 89.0 Å². The highest BCUT2D eigenvalue weighted by Crippen LogP contribution is 2.47. The molecular weight excluding hydrogens is 616 g/mol. The summed E-state index contributed by atoms with van der Waals surface area (Å²) in [5.74, 6) is -0.586. The molecule has 1 saturated heterocycles. The zero-order valence-corrected chi connectivity index (χ0v) is 26.4. The minimum atomic E-state index is -4.38. The van der Waals surface area contributed by atoms with E-state index in [1.165, 1.54) is 24.3 Å². The van der Waals surface area contributed by atoms with Crippen molar-refractivity contribution < 1.29 is 33.7 Å². The van der Waals surface area contributed by atoms with Crippen LogP contribution in [0.3, 0.4) is 0 Å². The Morgan fingerprint density at radius 3 is 2.02 bits per heavy atom. The number of amides is 1. The summed E-state index contributed by atoms with van der Waals surface area (Å²) in [7, 11) is -4.38. The first-order valence-corrected chi connectivity index (χ1v) is 17.1. The van der Waals surface area contributed by atoms with Gasteiger partial charge in [0.05, 0.1) is 17.5 Å². The van der Waals surface area contributed by atoms with Crippen LogP contribution in [0.2, 0.25) is 0 Å². The summed E-state index contributed by atoms with van der Waals surface area (Å²) in [6.45, 7) is 0. The third-order valence-corrected chi connectivity index (χ3v) is 9.85. The zero-order valence-electron chi connectivity index (χ0n) is 25.5. The maximum atomic E-state index is 13.7. The number of benzene rings is 5. The Labute approximate surface area is 272 Å². The van der Waals surface area contributed by atoms with Gasteiger partial charge >= 0.3 is 7.60 Å². The average molecular weight is 652 g/mol. The van der Waals surface area contributed by atoms with Crippen LogP contribution in [0.5, 0.6) is 5.75 Å². The molecule has 5 aromatic carbocycles. The Hall–Kier alpha value is -4.59. The standard InChI is InChI=1S/C38H35FNO6P/c39-31-16-9-28(10-17-31)35(41)8-4-7-30-24-37(43)40(32-18-11-26(12-19-32)25-5-2-1-3-6-25)38(30)34-22-15-29(23-36(34)42)27-13-20-33(21-14-27)47(44,45)46/h1-3,5-6,9-23,30,35,38,41-42H,4,7-8,24H2,(H2,44,45,46)/t30-,35-,38-/m0/s1. The Morgan fingerprint density at radius 2 is 1.38 bits per heavy atom. The van der Waals surface area contributed by atoms with Gasteiger partial charge in [-0.2, -0.15) is 0 Å². The van der Waals surface area contributed by atoms with Crippen molar-refractivity contribution in [2.75, 3.05) is 4.90 Å².